The number of halogens is 6. The largest absolute Gasteiger partial charge is 0.416 e. The number of anilines is 18. The van der Waals surface area contributed by atoms with Gasteiger partial charge in [0.25, 0.3) is 29.5 Å². The Morgan fingerprint density at radius 2 is 0.533 bits per heavy atom. The number of rotatable bonds is 31. The summed E-state index contributed by atoms with van der Waals surface area (Å²) in [5.41, 5.74) is 8.85. The van der Waals surface area contributed by atoms with Gasteiger partial charge in [0.1, 0.15) is 29.1 Å². The summed E-state index contributed by atoms with van der Waals surface area (Å²) in [5.74, 6) is -0.518. The number of nitrogens with zero attached hydrogens (tertiary/aromatic N) is 5. The minimum Gasteiger partial charge on any atom is -0.355 e. The normalized spacial score (nSPS) is 11.2. The van der Waals surface area contributed by atoms with Gasteiger partial charge in [-0.3, -0.25) is 50.6 Å². The molecule has 41 heteroatoms. The number of aryl methyl sites for hydroxylation is 1. The number of carbonyl (C=O) groups excluding carboxylic acids is 10. The summed E-state index contributed by atoms with van der Waals surface area (Å²) in [4.78, 5) is 144. The summed E-state index contributed by atoms with van der Waals surface area (Å²) in [6, 6.07) is 78.3. The molecule has 0 bridgehead atoms. The summed E-state index contributed by atoms with van der Waals surface area (Å²) < 4.78 is 77.1. The van der Waals surface area contributed by atoms with Crippen LogP contribution in [0.1, 0.15) is 141 Å². The third kappa shape index (κ3) is 36.7. The maximum atomic E-state index is 13.0. The molecule has 1 aliphatic rings. The van der Waals surface area contributed by atoms with Crippen LogP contribution in [0.5, 0.6) is 0 Å². The van der Waals surface area contributed by atoms with E-state index in [1.165, 1.54) is 73.8 Å². The smallest absolute Gasteiger partial charge is 0.355 e. The van der Waals surface area contributed by atoms with Gasteiger partial charge in [-0.2, -0.15) is 26.3 Å². The van der Waals surface area contributed by atoms with Gasteiger partial charge in [-0.05, 0) is 175 Å². The third-order valence-electron chi connectivity index (χ3n) is 21.4. The molecule has 0 unspecified atom stereocenters. The summed E-state index contributed by atoms with van der Waals surface area (Å²) in [5, 5.41) is 56.0. The predicted molar refractivity (Wildman–Crippen MR) is 573 cm³/mol. The molecule has 5 aromatic heterocycles. The maximum Gasteiger partial charge on any atom is 0.416 e. The van der Waals surface area contributed by atoms with Gasteiger partial charge in [0.05, 0.1) is 67.4 Å². The summed E-state index contributed by atoms with van der Waals surface area (Å²) in [6.45, 7) is 13.8. The molecule has 0 saturated heterocycles. The van der Waals surface area contributed by atoms with E-state index in [-0.39, 0.29) is 76.0 Å². The number of benzene rings is 9. The van der Waals surface area contributed by atoms with Gasteiger partial charge in [0, 0.05) is 152 Å². The molecule has 1 fully saturated rings. The number of alkyl halides is 6. The molecule has 9 aromatic carbocycles. The van der Waals surface area contributed by atoms with Crippen LogP contribution in [0.25, 0.3) is 0 Å². The van der Waals surface area contributed by atoms with Crippen molar-refractivity contribution in [3.8, 4) is 0 Å². The van der Waals surface area contributed by atoms with E-state index < -0.39 is 47.4 Å². The zero-order valence-corrected chi connectivity index (χ0v) is 82.5. The quantitative estimate of drug-likeness (QED) is 0.0179. The molecular weight excluding hydrogens is 1930 g/mol. The van der Waals surface area contributed by atoms with Crippen molar-refractivity contribution in [1.82, 2.24) is 62.1 Å². The Balaban J connectivity index is 0.000000178. The highest BCUT2D eigenvalue weighted by Crippen LogP contribution is 2.36. The van der Waals surface area contributed by atoms with Crippen LogP contribution >= 0.6 is 0 Å². The van der Waals surface area contributed by atoms with E-state index in [0.717, 1.165) is 78.1 Å². The topological polar surface area (TPSA) is 476 Å². The SMILES string of the molecule is CCNC(=O)Nc1cc(Nc2ccccc2)c(C(=O)NC2CCCCC2)cn1.CCNC(=O)Nc1cc(Nc2ccccc2)c(C(=O)NCc2ccccc2)cn1.CCNC(=O)Nc1cc(Nc2ccccc2)c(C(=O)Nc2ccc(C(F)(F)F)cc2)cn1.CCNC(=O)Nc1cc(Nc2ccccc2)c(C(=O)Nc2ccc(C)cc2)cn1.CCNC(=O)Nc1cc(Nc2ccccc2)c(C(=O)Nc2cccc(C(F)(F)F)c2)cn1. The first-order chi connectivity index (χ1) is 72.4. The van der Waals surface area contributed by atoms with E-state index in [4.69, 9.17) is 0 Å². The van der Waals surface area contributed by atoms with Crippen molar-refractivity contribution in [2.45, 2.75) is 98.6 Å². The molecule has 15 amide bonds. The number of hydrogen-bond donors (Lipinski definition) is 20. The first kappa shape index (κ1) is 111. The van der Waals surface area contributed by atoms with E-state index in [1.54, 1.807) is 80.6 Å². The Kier molecular flexibility index (Phi) is 42.2. The number of aromatic nitrogens is 5. The molecule has 0 atom stereocenters. The van der Waals surface area contributed by atoms with Gasteiger partial charge in [0.15, 0.2) is 0 Å². The van der Waals surface area contributed by atoms with Crippen molar-refractivity contribution in [3.05, 3.63) is 366 Å². The molecule has 0 radical (unpaired) electrons. The lowest BCUT2D eigenvalue weighted by Crippen LogP contribution is -2.36. The third-order valence-corrected chi connectivity index (χ3v) is 21.4. The lowest BCUT2D eigenvalue weighted by Gasteiger charge is -2.23. The van der Waals surface area contributed by atoms with Crippen LogP contribution in [0.3, 0.4) is 0 Å². The van der Waals surface area contributed by atoms with Crippen LogP contribution in [0.2, 0.25) is 0 Å². The highest BCUT2D eigenvalue weighted by molar-refractivity contribution is 6.11. The van der Waals surface area contributed by atoms with E-state index in [1.807, 2.05) is 185 Å². The minimum atomic E-state index is -4.53. The number of amides is 15. The molecule has 0 aliphatic heterocycles. The van der Waals surface area contributed by atoms with Gasteiger partial charge in [-0.15, -0.1) is 0 Å². The zero-order chi connectivity index (χ0) is 107. The highest BCUT2D eigenvalue weighted by atomic mass is 19.4. The summed E-state index contributed by atoms with van der Waals surface area (Å²) in [7, 11) is 0. The number of urea groups is 5. The van der Waals surface area contributed by atoms with Crippen LogP contribution in [-0.4, -0.2) is 123 Å². The average Bonchev–Trinajstić information content (AvgIpc) is 0.814. The first-order valence-electron chi connectivity index (χ1n) is 47.7. The van der Waals surface area contributed by atoms with Crippen molar-refractivity contribution in [3.63, 3.8) is 0 Å². The maximum absolute atomic E-state index is 13.0. The summed E-state index contributed by atoms with van der Waals surface area (Å²) in [6.07, 6.45) is 3.45. The Hall–Kier alpha value is -19.0. The Morgan fingerprint density at radius 1 is 0.267 bits per heavy atom. The molecule has 14 aromatic rings. The Bertz CT molecular complexity index is 6840. The van der Waals surface area contributed by atoms with Crippen molar-refractivity contribution >= 4 is 163 Å². The van der Waals surface area contributed by atoms with Crippen LogP contribution in [-0.2, 0) is 18.9 Å². The van der Waals surface area contributed by atoms with Crippen LogP contribution < -0.4 is 106 Å². The number of carbonyl (C=O) groups is 10. The molecule has 35 nitrogen and oxygen atoms in total. The standard InChI is InChI=1S/2C22H20F3N5O2.2C22H23N5O2.C21H27N5O2/c1-2-26-21(32)30-19-12-18(28-15-8-4-3-5-9-15)17(13-27-19)20(31)29-16-10-6-7-14(11-16)22(23,24)25;1-2-26-21(32)30-19-12-18(28-15-6-4-3-5-7-15)17(13-27-19)20(31)29-16-10-8-14(9-11-16)22(23,24)25;1-3-23-22(29)27-20-13-19(25-16-7-5-4-6-8-16)18(14-24-20)21(28)26-17-11-9-15(2)10-12-17;1-2-23-22(29)27-20-13-19(26-17-11-7-4-8-12-17)18(15-24-20)21(28)25-14-16-9-5-3-6-10-16;1-2-22-21(28)26-19-13-18(24-15-9-5-3-6-10-15)17(14-23-19)20(27)25-16-11-7-4-8-12-16/h2*3-13H,2H2,1H3,(H,29,31)(H3,26,27,28,30,32);4-14H,3H2,1-2H3,(H,26,28)(H3,23,24,25,27,29);3-13,15H,2,14H2,1H3,(H,25,28)(H3,23,24,26,27,29);3,5-6,9-10,13-14,16H,2,4,7-8,11-12H2,1H3,(H,25,27)(H3,22,23,24,26,28). The number of hydrogen-bond acceptors (Lipinski definition) is 20. The second-order valence-corrected chi connectivity index (χ2v) is 32.8. The monoisotopic (exact) mass is 2050 g/mol. The van der Waals surface area contributed by atoms with Gasteiger partial charge < -0.3 is 79.8 Å². The number of pyridine rings is 5. The second-order valence-electron chi connectivity index (χ2n) is 32.8. The van der Waals surface area contributed by atoms with Gasteiger partial charge in [-0.25, -0.2) is 48.9 Å². The summed E-state index contributed by atoms with van der Waals surface area (Å²) >= 11 is 0. The van der Waals surface area contributed by atoms with E-state index in [0.29, 0.717) is 119 Å². The van der Waals surface area contributed by atoms with Crippen molar-refractivity contribution in [2.24, 2.45) is 0 Å². The van der Waals surface area contributed by atoms with Gasteiger partial charge >= 0.3 is 42.5 Å². The fourth-order valence-electron chi connectivity index (χ4n) is 14.2. The van der Waals surface area contributed by atoms with Gasteiger partial charge in [-0.1, -0.05) is 164 Å². The Morgan fingerprint density at radius 3 is 0.827 bits per heavy atom. The van der Waals surface area contributed by atoms with Crippen molar-refractivity contribution < 1.29 is 74.3 Å². The molecule has 0 spiro atoms. The second kappa shape index (κ2) is 56.9. The van der Waals surface area contributed by atoms with Crippen LogP contribution in [0, 0.1) is 6.92 Å². The molecule has 5 heterocycles. The van der Waals surface area contributed by atoms with Crippen LogP contribution in [0.4, 0.5) is 153 Å². The van der Waals surface area contributed by atoms with Crippen molar-refractivity contribution in [1.29, 1.82) is 0 Å². The number of nitrogens with one attached hydrogen (secondary N) is 20. The van der Waals surface area contributed by atoms with Crippen molar-refractivity contribution in [2.75, 3.05) is 102 Å². The lowest BCUT2D eigenvalue weighted by molar-refractivity contribution is -0.138. The van der Waals surface area contributed by atoms with Crippen LogP contribution in [0.15, 0.2) is 316 Å². The average molecular weight is 2050 g/mol. The Labute approximate surface area is 861 Å². The molecular formula is C109H113F6N25O10. The minimum absolute atomic E-state index is 0.0139. The molecule has 1 aliphatic carbocycles. The molecule has 15 rings (SSSR count). The number of para-hydroxylation sites is 5. The molecule has 1 saturated carbocycles. The van der Waals surface area contributed by atoms with E-state index >= 15 is 0 Å². The highest BCUT2D eigenvalue weighted by Gasteiger charge is 2.33. The zero-order valence-electron chi connectivity index (χ0n) is 82.5. The van der Waals surface area contributed by atoms with E-state index in [2.05, 4.69) is 131 Å². The first-order valence-corrected chi connectivity index (χ1v) is 47.7. The molecule has 150 heavy (non-hydrogen) atoms. The molecule has 20 N–H and O–H groups in total. The van der Waals surface area contributed by atoms with E-state index in [9.17, 15) is 74.3 Å². The molecule has 776 valence electrons. The fourth-order valence-corrected chi connectivity index (χ4v) is 14.2. The lowest BCUT2D eigenvalue weighted by atomic mass is 9.95. The van der Waals surface area contributed by atoms with Gasteiger partial charge in [0.2, 0.25) is 0 Å². The fraction of sp³-hybridized carbons (Fsp3) is 0.183. The predicted octanol–water partition coefficient (Wildman–Crippen LogP) is 22.9.